The number of imide groups is 2. The molecule has 1 fully saturated rings. The first-order valence-corrected chi connectivity index (χ1v) is 6.86. The van der Waals surface area contributed by atoms with Crippen LogP contribution in [0.25, 0.3) is 0 Å². The molecule has 1 N–H and O–H groups in total. The second-order valence-corrected chi connectivity index (χ2v) is 4.87. The van der Waals surface area contributed by atoms with Gasteiger partial charge in [0.05, 0.1) is 13.7 Å². The second kappa shape index (κ2) is 6.39. The van der Waals surface area contributed by atoms with Crippen molar-refractivity contribution in [2.24, 2.45) is 5.92 Å². The predicted octanol–water partition coefficient (Wildman–Crippen LogP) is 1.69. The van der Waals surface area contributed by atoms with Gasteiger partial charge >= 0.3 is 6.03 Å². The number of rotatable bonds is 5. The van der Waals surface area contributed by atoms with E-state index < -0.39 is 23.8 Å². The monoisotopic (exact) mass is 290 g/mol. The van der Waals surface area contributed by atoms with Gasteiger partial charge < -0.3 is 4.74 Å². The number of benzene rings is 1. The minimum absolute atomic E-state index is 0.0855. The number of hydrogen-bond donors (Lipinski definition) is 1. The standard InChI is InChI=1S/C15H18N2O4/c1-3-6-11-13(18)16-15(20)17(14(11)19)9-10-7-4-5-8-12(10)21-2/h4-5,7-8,11H,3,6,9H2,1-2H3,(H,16,18,20). The Balaban J connectivity index is 2.23. The lowest BCUT2D eigenvalue weighted by Crippen LogP contribution is -2.57. The predicted molar refractivity (Wildman–Crippen MR) is 75.5 cm³/mol. The first-order chi connectivity index (χ1) is 10.1. The Hall–Kier alpha value is -2.37. The van der Waals surface area contributed by atoms with E-state index in [0.29, 0.717) is 24.2 Å². The highest BCUT2D eigenvalue weighted by Gasteiger charge is 2.39. The lowest BCUT2D eigenvalue weighted by atomic mass is 9.99. The third kappa shape index (κ3) is 3.04. The molecular weight excluding hydrogens is 272 g/mol. The highest BCUT2D eigenvalue weighted by atomic mass is 16.5. The van der Waals surface area contributed by atoms with Crippen molar-refractivity contribution < 1.29 is 19.1 Å². The van der Waals surface area contributed by atoms with Crippen LogP contribution in [0.4, 0.5) is 4.79 Å². The number of carbonyl (C=O) groups excluding carboxylic acids is 3. The van der Waals surface area contributed by atoms with Crippen LogP contribution in [0.5, 0.6) is 5.75 Å². The van der Waals surface area contributed by atoms with E-state index in [1.807, 2.05) is 13.0 Å². The van der Waals surface area contributed by atoms with E-state index in [-0.39, 0.29) is 6.54 Å². The van der Waals surface area contributed by atoms with Crippen molar-refractivity contribution in [2.45, 2.75) is 26.3 Å². The van der Waals surface area contributed by atoms with E-state index in [1.54, 1.807) is 18.2 Å². The molecule has 2 rings (SSSR count). The Morgan fingerprint density at radius 2 is 1.95 bits per heavy atom. The molecule has 0 radical (unpaired) electrons. The van der Waals surface area contributed by atoms with Gasteiger partial charge in [0.1, 0.15) is 11.7 Å². The van der Waals surface area contributed by atoms with Crippen LogP contribution in [-0.4, -0.2) is 29.9 Å². The van der Waals surface area contributed by atoms with Crippen molar-refractivity contribution in [1.82, 2.24) is 10.2 Å². The van der Waals surface area contributed by atoms with Gasteiger partial charge in [0.25, 0.3) is 0 Å². The zero-order valence-corrected chi connectivity index (χ0v) is 12.1. The minimum Gasteiger partial charge on any atom is -0.496 e. The number of methoxy groups -OCH3 is 1. The van der Waals surface area contributed by atoms with E-state index in [2.05, 4.69) is 5.32 Å². The molecule has 0 saturated carbocycles. The quantitative estimate of drug-likeness (QED) is 0.837. The molecule has 0 aromatic heterocycles. The summed E-state index contributed by atoms with van der Waals surface area (Å²) in [7, 11) is 1.53. The summed E-state index contributed by atoms with van der Waals surface area (Å²) in [5.74, 6) is -1.15. The molecule has 1 aliphatic rings. The molecule has 21 heavy (non-hydrogen) atoms. The molecule has 4 amide bonds. The van der Waals surface area contributed by atoms with Crippen LogP contribution in [0.2, 0.25) is 0 Å². The molecule has 1 atom stereocenters. The fraction of sp³-hybridized carbons (Fsp3) is 0.400. The van der Waals surface area contributed by atoms with Crippen LogP contribution in [-0.2, 0) is 16.1 Å². The molecule has 1 aromatic rings. The smallest absolute Gasteiger partial charge is 0.331 e. The Morgan fingerprint density at radius 1 is 1.24 bits per heavy atom. The van der Waals surface area contributed by atoms with Gasteiger partial charge in [-0.05, 0) is 12.5 Å². The van der Waals surface area contributed by atoms with Crippen molar-refractivity contribution in [1.29, 1.82) is 0 Å². The van der Waals surface area contributed by atoms with E-state index in [4.69, 9.17) is 4.74 Å². The van der Waals surface area contributed by atoms with Crippen molar-refractivity contribution in [3.05, 3.63) is 29.8 Å². The largest absolute Gasteiger partial charge is 0.496 e. The van der Waals surface area contributed by atoms with Gasteiger partial charge in [-0.1, -0.05) is 31.5 Å². The van der Waals surface area contributed by atoms with Crippen LogP contribution in [0, 0.1) is 5.92 Å². The normalized spacial score (nSPS) is 18.7. The minimum atomic E-state index is -0.789. The summed E-state index contributed by atoms with van der Waals surface area (Å²) in [6, 6.07) is 6.48. The Morgan fingerprint density at radius 3 is 2.62 bits per heavy atom. The molecule has 1 aliphatic heterocycles. The van der Waals surface area contributed by atoms with Gasteiger partial charge in [0.2, 0.25) is 11.8 Å². The summed E-state index contributed by atoms with van der Waals surface area (Å²) in [6.07, 6.45) is 1.13. The maximum absolute atomic E-state index is 12.3. The zero-order chi connectivity index (χ0) is 15.4. The summed E-state index contributed by atoms with van der Waals surface area (Å²) >= 11 is 0. The van der Waals surface area contributed by atoms with E-state index >= 15 is 0 Å². The number of nitrogens with zero attached hydrogens (tertiary/aromatic N) is 1. The number of nitrogens with one attached hydrogen (secondary N) is 1. The number of ether oxygens (including phenoxy) is 1. The van der Waals surface area contributed by atoms with Gasteiger partial charge in [0.15, 0.2) is 0 Å². The third-order valence-electron chi connectivity index (χ3n) is 3.45. The van der Waals surface area contributed by atoms with Crippen LogP contribution in [0.1, 0.15) is 25.3 Å². The summed E-state index contributed by atoms with van der Waals surface area (Å²) < 4.78 is 5.22. The number of carbonyl (C=O) groups is 3. The molecular formula is C15H18N2O4. The van der Waals surface area contributed by atoms with Crippen molar-refractivity contribution in [2.75, 3.05) is 7.11 Å². The Bertz CT molecular complexity index is 571. The summed E-state index contributed by atoms with van der Waals surface area (Å²) in [6.45, 7) is 1.98. The Labute approximate surface area is 123 Å². The molecule has 112 valence electrons. The van der Waals surface area contributed by atoms with Crippen molar-refractivity contribution in [3.8, 4) is 5.75 Å². The van der Waals surface area contributed by atoms with Gasteiger partial charge in [-0.25, -0.2) is 4.79 Å². The van der Waals surface area contributed by atoms with Crippen LogP contribution in [0.15, 0.2) is 24.3 Å². The lowest BCUT2D eigenvalue weighted by Gasteiger charge is -2.30. The van der Waals surface area contributed by atoms with Crippen molar-refractivity contribution >= 4 is 17.8 Å². The third-order valence-corrected chi connectivity index (χ3v) is 3.45. The SMILES string of the molecule is CCCC1C(=O)NC(=O)N(Cc2ccccc2OC)C1=O. The molecule has 6 heteroatoms. The van der Waals surface area contributed by atoms with E-state index in [1.165, 1.54) is 7.11 Å². The second-order valence-electron chi connectivity index (χ2n) is 4.87. The summed E-state index contributed by atoms with van der Waals surface area (Å²) in [5.41, 5.74) is 0.716. The molecule has 0 bridgehead atoms. The van der Waals surface area contributed by atoms with Gasteiger partial charge in [-0.3, -0.25) is 19.8 Å². The summed E-state index contributed by atoms with van der Waals surface area (Å²) in [5, 5.41) is 2.24. The Kier molecular flexibility index (Phi) is 4.57. The molecule has 0 aliphatic carbocycles. The molecule has 1 heterocycles. The number of barbiturate groups is 1. The van der Waals surface area contributed by atoms with Crippen LogP contribution in [0.3, 0.4) is 0 Å². The fourth-order valence-corrected chi connectivity index (χ4v) is 2.36. The van der Waals surface area contributed by atoms with Gasteiger partial charge in [-0.15, -0.1) is 0 Å². The first kappa shape index (κ1) is 15.0. The molecule has 1 saturated heterocycles. The fourth-order valence-electron chi connectivity index (χ4n) is 2.36. The maximum atomic E-state index is 12.3. The number of para-hydroxylation sites is 1. The van der Waals surface area contributed by atoms with Gasteiger partial charge in [0, 0.05) is 5.56 Å². The van der Waals surface area contributed by atoms with Crippen LogP contribution >= 0.6 is 0 Å². The molecule has 1 unspecified atom stereocenters. The lowest BCUT2D eigenvalue weighted by molar-refractivity contribution is -0.143. The highest BCUT2D eigenvalue weighted by molar-refractivity contribution is 6.16. The first-order valence-electron chi connectivity index (χ1n) is 6.86. The molecule has 0 spiro atoms. The molecule has 6 nitrogen and oxygen atoms in total. The van der Waals surface area contributed by atoms with Crippen LogP contribution < -0.4 is 10.1 Å². The van der Waals surface area contributed by atoms with E-state index in [0.717, 1.165) is 4.90 Å². The zero-order valence-electron chi connectivity index (χ0n) is 12.1. The van der Waals surface area contributed by atoms with Gasteiger partial charge in [-0.2, -0.15) is 0 Å². The number of hydrogen-bond acceptors (Lipinski definition) is 4. The number of urea groups is 1. The summed E-state index contributed by atoms with van der Waals surface area (Å²) in [4.78, 5) is 37.0. The topological polar surface area (TPSA) is 75.7 Å². The number of amides is 4. The highest BCUT2D eigenvalue weighted by Crippen LogP contribution is 2.23. The maximum Gasteiger partial charge on any atom is 0.331 e. The molecule has 1 aromatic carbocycles. The average molecular weight is 290 g/mol. The van der Waals surface area contributed by atoms with Crippen molar-refractivity contribution in [3.63, 3.8) is 0 Å². The average Bonchev–Trinajstić information content (AvgIpc) is 2.48. The van der Waals surface area contributed by atoms with E-state index in [9.17, 15) is 14.4 Å².